The molecule has 0 fully saturated rings. The molecule has 0 radical (unpaired) electrons. The van der Waals surface area contributed by atoms with Crippen LogP contribution in [0.1, 0.15) is 21.5 Å². The number of benzene rings is 4. The Morgan fingerprint density at radius 3 is 2.45 bits per heavy atom. The zero-order valence-electron chi connectivity index (χ0n) is 17.3. The van der Waals surface area contributed by atoms with E-state index in [1.807, 2.05) is 36.4 Å². The number of hydrazone groups is 1. The average Bonchev–Trinajstić information content (AvgIpc) is 2.82. The first-order valence-corrected chi connectivity index (χ1v) is 10.8. The number of halogens is 2. The average molecular weight is 505 g/mol. The van der Waals surface area contributed by atoms with E-state index in [1.165, 1.54) is 24.4 Å². The van der Waals surface area contributed by atoms with E-state index in [0.29, 0.717) is 11.3 Å². The van der Waals surface area contributed by atoms with E-state index in [2.05, 4.69) is 26.5 Å². The van der Waals surface area contributed by atoms with Crippen LogP contribution in [-0.2, 0) is 11.2 Å². The molecule has 1 N–H and O–H groups in total. The molecule has 0 aliphatic rings. The van der Waals surface area contributed by atoms with E-state index >= 15 is 0 Å². The van der Waals surface area contributed by atoms with Crippen molar-refractivity contribution in [2.75, 3.05) is 0 Å². The van der Waals surface area contributed by atoms with Crippen molar-refractivity contribution in [3.63, 3.8) is 0 Å². The molecule has 0 saturated heterocycles. The number of carbonyl (C=O) groups is 2. The van der Waals surface area contributed by atoms with Crippen LogP contribution in [0.2, 0.25) is 0 Å². The predicted molar refractivity (Wildman–Crippen MR) is 129 cm³/mol. The quantitative estimate of drug-likeness (QED) is 0.159. The summed E-state index contributed by atoms with van der Waals surface area (Å²) in [6, 6.07) is 23.6. The Morgan fingerprint density at radius 2 is 1.70 bits per heavy atom. The number of esters is 1. The van der Waals surface area contributed by atoms with Crippen LogP contribution in [0, 0.1) is 5.82 Å². The summed E-state index contributed by atoms with van der Waals surface area (Å²) >= 11 is 3.53. The van der Waals surface area contributed by atoms with Gasteiger partial charge in [0.15, 0.2) is 0 Å². The minimum atomic E-state index is -0.649. The maximum absolute atomic E-state index is 13.2. The number of carbonyl (C=O) groups excluding carboxylic acids is 2. The zero-order chi connectivity index (χ0) is 23.2. The highest BCUT2D eigenvalue weighted by atomic mass is 79.9. The number of hydrogen-bond donors (Lipinski definition) is 1. The Labute approximate surface area is 198 Å². The van der Waals surface area contributed by atoms with Gasteiger partial charge in [-0.05, 0) is 70.4 Å². The lowest BCUT2D eigenvalue weighted by atomic mass is 10.0. The normalized spacial score (nSPS) is 11.0. The lowest BCUT2D eigenvalue weighted by Gasteiger charge is -2.07. The molecule has 4 aromatic carbocycles. The lowest BCUT2D eigenvalue weighted by Crippen LogP contribution is -2.19. The fourth-order valence-electron chi connectivity index (χ4n) is 3.27. The predicted octanol–water partition coefficient (Wildman–Crippen LogP) is 5.65. The fourth-order valence-corrected chi connectivity index (χ4v) is 3.75. The number of amides is 1. The number of hydrogen-bond acceptors (Lipinski definition) is 4. The Kier molecular flexibility index (Phi) is 6.90. The highest BCUT2D eigenvalue weighted by Gasteiger charge is 2.10. The summed E-state index contributed by atoms with van der Waals surface area (Å²) in [7, 11) is 0. The molecule has 0 saturated carbocycles. The van der Waals surface area contributed by atoms with Crippen LogP contribution in [-0.4, -0.2) is 18.1 Å². The van der Waals surface area contributed by atoms with Crippen molar-refractivity contribution in [1.29, 1.82) is 0 Å². The molecule has 1 amide bonds. The number of nitrogens with one attached hydrogen (secondary N) is 1. The molecule has 0 unspecified atom stereocenters. The Morgan fingerprint density at radius 1 is 0.939 bits per heavy atom. The SMILES string of the molecule is O=C(Cc1ccc(Br)c2ccccc12)N/N=C\c1ccc(OC(=O)c2cccc(F)c2)cc1. The third-order valence-corrected chi connectivity index (χ3v) is 5.56. The molecule has 5 nitrogen and oxygen atoms in total. The van der Waals surface area contributed by atoms with Gasteiger partial charge in [0, 0.05) is 4.47 Å². The monoisotopic (exact) mass is 504 g/mol. The van der Waals surface area contributed by atoms with E-state index in [1.54, 1.807) is 24.3 Å². The highest BCUT2D eigenvalue weighted by molar-refractivity contribution is 9.10. The molecule has 0 spiro atoms. The molecule has 4 aromatic rings. The maximum atomic E-state index is 13.2. The van der Waals surface area contributed by atoms with Crippen molar-refractivity contribution >= 4 is 44.8 Å². The van der Waals surface area contributed by atoms with Crippen molar-refractivity contribution in [2.24, 2.45) is 5.10 Å². The second-order valence-corrected chi connectivity index (χ2v) is 8.05. The molecular weight excluding hydrogens is 487 g/mol. The second kappa shape index (κ2) is 10.2. The highest BCUT2D eigenvalue weighted by Crippen LogP contribution is 2.27. The second-order valence-electron chi connectivity index (χ2n) is 7.19. The number of ether oxygens (including phenoxy) is 1. The van der Waals surface area contributed by atoms with Gasteiger partial charge in [0.05, 0.1) is 18.2 Å². The molecule has 0 aliphatic heterocycles. The van der Waals surface area contributed by atoms with Gasteiger partial charge in [0.1, 0.15) is 11.6 Å². The van der Waals surface area contributed by atoms with Crippen LogP contribution in [0.25, 0.3) is 10.8 Å². The summed E-state index contributed by atoms with van der Waals surface area (Å²) in [6.07, 6.45) is 1.69. The van der Waals surface area contributed by atoms with E-state index in [0.717, 1.165) is 26.9 Å². The fraction of sp³-hybridized carbons (Fsp3) is 0.0385. The summed E-state index contributed by atoms with van der Waals surface area (Å²) in [6.45, 7) is 0. The van der Waals surface area contributed by atoms with Crippen molar-refractivity contribution in [3.05, 3.63) is 112 Å². The molecule has 0 bridgehead atoms. The number of rotatable bonds is 6. The minimum absolute atomic E-state index is 0.127. The molecule has 7 heteroatoms. The zero-order valence-corrected chi connectivity index (χ0v) is 18.9. The summed E-state index contributed by atoms with van der Waals surface area (Å²) in [5.41, 5.74) is 4.27. The van der Waals surface area contributed by atoms with Crippen LogP contribution in [0.4, 0.5) is 4.39 Å². The summed E-state index contributed by atoms with van der Waals surface area (Å²) in [4.78, 5) is 24.4. The largest absolute Gasteiger partial charge is 0.423 e. The van der Waals surface area contributed by atoms with E-state index in [-0.39, 0.29) is 17.9 Å². The Bertz CT molecular complexity index is 1350. The van der Waals surface area contributed by atoms with Crippen molar-refractivity contribution in [2.45, 2.75) is 6.42 Å². The van der Waals surface area contributed by atoms with Crippen molar-refractivity contribution in [1.82, 2.24) is 5.43 Å². The first-order chi connectivity index (χ1) is 16.0. The summed E-state index contributed by atoms with van der Waals surface area (Å²) in [5.74, 6) is -1.08. The van der Waals surface area contributed by atoms with Crippen LogP contribution in [0.15, 0.2) is 94.5 Å². The van der Waals surface area contributed by atoms with Gasteiger partial charge in [-0.2, -0.15) is 5.10 Å². The Balaban J connectivity index is 1.34. The third-order valence-electron chi connectivity index (χ3n) is 4.87. The molecular formula is C26H18BrFN2O3. The van der Waals surface area contributed by atoms with Gasteiger partial charge < -0.3 is 4.74 Å². The van der Waals surface area contributed by atoms with Gasteiger partial charge >= 0.3 is 5.97 Å². The van der Waals surface area contributed by atoms with Crippen LogP contribution < -0.4 is 10.2 Å². The lowest BCUT2D eigenvalue weighted by molar-refractivity contribution is -0.120. The summed E-state index contributed by atoms with van der Waals surface area (Å²) < 4.78 is 19.5. The van der Waals surface area contributed by atoms with Crippen LogP contribution >= 0.6 is 15.9 Å². The molecule has 164 valence electrons. The molecule has 33 heavy (non-hydrogen) atoms. The maximum Gasteiger partial charge on any atom is 0.343 e. The third kappa shape index (κ3) is 5.70. The van der Waals surface area contributed by atoms with Crippen molar-refractivity contribution < 1.29 is 18.7 Å². The van der Waals surface area contributed by atoms with Gasteiger partial charge in [0.25, 0.3) is 0 Å². The number of nitrogens with zero attached hydrogens (tertiary/aromatic N) is 1. The minimum Gasteiger partial charge on any atom is -0.423 e. The van der Waals surface area contributed by atoms with E-state index in [4.69, 9.17) is 4.74 Å². The molecule has 0 aromatic heterocycles. The van der Waals surface area contributed by atoms with Gasteiger partial charge in [-0.1, -0.05) is 52.3 Å². The van der Waals surface area contributed by atoms with Crippen LogP contribution in [0.3, 0.4) is 0 Å². The number of fused-ring (bicyclic) bond motifs is 1. The first kappa shape index (κ1) is 22.4. The molecule has 0 heterocycles. The standard InChI is InChI=1S/C26H18BrFN2O3/c27-24-13-10-18(22-6-1-2-7-23(22)24)15-25(31)30-29-16-17-8-11-21(12-9-17)33-26(32)19-4-3-5-20(28)14-19/h1-14,16H,15H2,(H,30,31)/b29-16-. The smallest absolute Gasteiger partial charge is 0.343 e. The van der Waals surface area contributed by atoms with Crippen LogP contribution in [0.5, 0.6) is 5.75 Å². The van der Waals surface area contributed by atoms with Gasteiger partial charge in [-0.25, -0.2) is 14.6 Å². The van der Waals surface area contributed by atoms with Gasteiger partial charge in [0.2, 0.25) is 5.91 Å². The van der Waals surface area contributed by atoms with E-state index in [9.17, 15) is 14.0 Å². The molecule has 0 aliphatic carbocycles. The Hall–Kier alpha value is -3.84. The topological polar surface area (TPSA) is 67.8 Å². The van der Waals surface area contributed by atoms with Gasteiger partial charge in [-0.3, -0.25) is 4.79 Å². The van der Waals surface area contributed by atoms with Crippen molar-refractivity contribution in [3.8, 4) is 5.75 Å². The first-order valence-electron chi connectivity index (χ1n) is 10.1. The summed E-state index contributed by atoms with van der Waals surface area (Å²) in [5, 5.41) is 6.05. The molecule has 4 rings (SSSR count). The van der Waals surface area contributed by atoms with Gasteiger partial charge in [-0.15, -0.1) is 0 Å². The van der Waals surface area contributed by atoms with E-state index < -0.39 is 11.8 Å². The molecule has 0 atom stereocenters.